The zero-order chi connectivity index (χ0) is 38.6. The van der Waals surface area contributed by atoms with Crippen LogP contribution < -0.4 is 15.9 Å². The number of hydrogen-bond donors (Lipinski definition) is 0. The molecule has 0 aliphatic rings. The lowest BCUT2D eigenvalue weighted by Crippen LogP contribution is -2.24. The summed E-state index contributed by atoms with van der Waals surface area (Å²) in [5.41, 5.74) is 9.25. The van der Waals surface area contributed by atoms with Crippen LogP contribution in [0, 0.1) is 0 Å². The van der Waals surface area contributed by atoms with E-state index in [9.17, 15) is 0 Å². The normalized spacial score (nSPS) is 11.9. The number of hydrogen-bond acceptors (Lipinski definition) is 3. The first-order valence-corrected chi connectivity index (χ1v) is 21.3. The molecule has 2 heterocycles. The Morgan fingerprint density at radius 2 is 0.759 bits per heavy atom. The summed E-state index contributed by atoms with van der Waals surface area (Å²) in [5.74, 6) is 0. The van der Waals surface area contributed by atoms with Crippen LogP contribution in [-0.2, 0) is 4.57 Å². The number of para-hydroxylation sites is 1. The Balaban J connectivity index is 1.12. The van der Waals surface area contributed by atoms with Gasteiger partial charge in [-0.05, 0) is 50.4 Å². The molecule has 2 aromatic heterocycles. The van der Waals surface area contributed by atoms with Crippen LogP contribution >= 0.6 is 7.14 Å². The molecule has 0 aliphatic carbocycles. The van der Waals surface area contributed by atoms with Gasteiger partial charge in [0.05, 0.1) is 22.2 Å². The minimum Gasteiger partial charge on any atom is -0.309 e. The summed E-state index contributed by atoms with van der Waals surface area (Å²) in [6, 6.07) is 73.1. The van der Waals surface area contributed by atoms with Crippen molar-refractivity contribution in [3.05, 3.63) is 212 Å². The average molecular weight is 759 g/mol. The Hall–Kier alpha value is -7.19. The largest absolute Gasteiger partial charge is 0.309 e. The highest BCUT2D eigenvalue weighted by Gasteiger charge is 2.30. The highest BCUT2D eigenvalue weighted by Crippen LogP contribution is 2.46. The Kier molecular flexibility index (Phi) is 8.10. The Bertz CT molecular complexity index is 3300. The van der Waals surface area contributed by atoms with Gasteiger partial charge in [0.1, 0.15) is 0 Å². The first kappa shape index (κ1) is 34.1. The minimum atomic E-state index is -3.12. The van der Waals surface area contributed by atoms with Crippen LogP contribution in [0.15, 0.2) is 212 Å². The van der Waals surface area contributed by atoms with Crippen LogP contribution in [0.5, 0.6) is 0 Å². The van der Waals surface area contributed by atoms with Gasteiger partial charge in [0.15, 0.2) is 7.14 Å². The van der Waals surface area contributed by atoms with Gasteiger partial charge in [-0.1, -0.05) is 200 Å². The Morgan fingerprint density at radius 1 is 0.310 bits per heavy atom. The van der Waals surface area contributed by atoms with E-state index in [1.807, 2.05) is 60.7 Å². The quantitative estimate of drug-likeness (QED) is 0.0963. The second kappa shape index (κ2) is 13.8. The van der Waals surface area contributed by atoms with Crippen molar-refractivity contribution in [2.75, 3.05) is 0 Å². The summed E-state index contributed by atoms with van der Waals surface area (Å²) in [4.78, 5) is 10.8. The number of aromatic nitrogens is 2. The third-order valence-electron chi connectivity index (χ3n) is 11.5. The van der Waals surface area contributed by atoms with Crippen molar-refractivity contribution in [2.24, 2.45) is 0 Å². The van der Waals surface area contributed by atoms with Gasteiger partial charge in [-0.25, -0.2) is 9.97 Å². The lowest BCUT2D eigenvalue weighted by molar-refractivity contribution is 0.592. The van der Waals surface area contributed by atoms with Crippen molar-refractivity contribution in [1.82, 2.24) is 9.97 Å². The molecule has 58 heavy (non-hydrogen) atoms. The van der Waals surface area contributed by atoms with Crippen molar-refractivity contribution < 1.29 is 4.57 Å². The van der Waals surface area contributed by atoms with Crippen molar-refractivity contribution in [2.45, 2.75) is 0 Å². The van der Waals surface area contributed by atoms with E-state index in [-0.39, 0.29) is 0 Å². The van der Waals surface area contributed by atoms with E-state index in [0.717, 1.165) is 98.1 Å². The first-order valence-electron chi connectivity index (χ1n) is 19.6. The fraction of sp³-hybridized carbons (Fsp3) is 0. The number of rotatable bonds is 6. The summed E-state index contributed by atoms with van der Waals surface area (Å²) < 4.78 is 15.2. The molecule has 0 bridgehead atoms. The van der Waals surface area contributed by atoms with E-state index in [2.05, 4.69) is 152 Å². The first-order chi connectivity index (χ1) is 28.7. The van der Waals surface area contributed by atoms with E-state index >= 15 is 4.57 Å². The standard InChI is InChI=1S/C54H35N2OP/c57-58(39-18-6-2-7-19-39,40-20-8-3-9-21-40)41-32-28-37(29-33-41)50-42-22-10-12-24-44(42)52(45-25-13-11-23-43(45)50)49-35-31-38-30-34-47-51(36-16-4-1-5-17-36)46-26-14-15-27-48(46)55-54(47)53(38)56-49/h1-35H. The molecule has 4 heteroatoms. The van der Waals surface area contributed by atoms with Gasteiger partial charge in [0, 0.05) is 43.2 Å². The number of benzene rings is 9. The molecule has 272 valence electrons. The zero-order valence-corrected chi connectivity index (χ0v) is 32.4. The monoisotopic (exact) mass is 758 g/mol. The number of fused-ring (bicyclic) bond motifs is 6. The summed E-state index contributed by atoms with van der Waals surface area (Å²) in [6.07, 6.45) is 0. The summed E-state index contributed by atoms with van der Waals surface area (Å²) >= 11 is 0. The summed E-state index contributed by atoms with van der Waals surface area (Å²) in [6.45, 7) is 0. The van der Waals surface area contributed by atoms with Crippen LogP contribution in [0.1, 0.15) is 0 Å². The van der Waals surface area contributed by atoms with Crippen molar-refractivity contribution in [3.63, 3.8) is 0 Å². The predicted molar refractivity (Wildman–Crippen MR) is 245 cm³/mol. The van der Waals surface area contributed by atoms with Gasteiger partial charge in [0.2, 0.25) is 0 Å². The molecule has 9 aromatic carbocycles. The molecule has 0 atom stereocenters. The zero-order valence-electron chi connectivity index (χ0n) is 31.5. The maximum Gasteiger partial charge on any atom is 0.171 e. The minimum absolute atomic E-state index is 0.809. The Labute approximate surface area is 336 Å². The lowest BCUT2D eigenvalue weighted by atomic mass is 9.87. The van der Waals surface area contributed by atoms with E-state index in [0.29, 0.717) is 0 Å². The van der Waals surface area contributed by atoms with Crippen molar-refractivity contribution >= 4 is 77.3 Å². The van der Waals surface area contributed by atoms with Crippen molar-refractivity contribution in [1.29, 1.82) is 0 Å². The van der Waals surface area contributed by atoms with Crippen LogP contribution in [0.2, 0.25) is 0 Å². The molecule has 3 nitrogen and oxygen atoms in total. The van der Waals surface area contributed by atoms with E-state index in [1.165, 1.54) is 5.56 Å². The SMILES string of the molecule is O=P(c1ccccc1)(c1ccccc1)c1ccc(-c2c3ccccc3c(-c3ccc4ccc5c(-c6ccccc6)c6ccccc6nc5c4n3)c3ccccc23)cc1. The molecule has 11 aromatic rings. The third-order valence-corrected chi connectivity index (χ3v) is 14.6. The second-order valence-electron chi connectivity index (χ2n) is 14.8. The highest BCUT2D eigenvalue weighted by molar-refractivity contribution is 7.85. The number of nitrogens with zero attached hydrogens (tertiary/aromatic N) is 2. The molecular weight excluding hydrogens is 724 g/mol. The molecule has 0 N–H and O–H groups in total. The van der Waals surface area contributed by atoms with Gasteiger partial charge < -0.3 is 4.57 Å². The van der Waals surface area contributed by atoms with Crippen LogP contribution in [0.4, 0.5) is 0 Å². The van der Waals surface area contributed by atoms with Crippen LogP contribution in [0.25, 0.3) is 87.8 Å². The highest BCUT2D eigenvalue weighted by atomic mass is 31.2. The van der Waals surface area contributed by atoms with Gasteiger partial charge in [-0.3, -0.25) is 0 Å². The molecule has 11 rings (SSSR count). The second-order valence-corrected chi connectivity index (χ2v) is 17.5. The molecule has 0 radical (unpaired) electrons. The predicted octanol–water partition coefficient (Wildman–Crippen LogP) is 12.9. The van der Waals surface area contributed by atoms with Crippen molar-refractivity contribution in [3.8, 4) is 33.5 Å². The molecule has 0 saturated heterocycles. The maximum atomic E-state index is 15.2. The number of pyridine rings is 2. The lowest BCUT2D eigenvalue weighted by Gasteiger charge is -2.21. The Morgan fingerprint density at radius 3 is 1.36 bits per heavy atom. The fourth-order valence-electron chi connectivity index (χ4n) is 8.87. The summed E-state index contributed by atoms with van der Waals surface area (Å²) in [7, 11) is -3.12. The van der Waals surface area contributed by atoms with Gasteiger partial charge >= 0.3 is 0 Å². The molecule has 0 fully saturated rings. The van der Waals surface area contributed by atoms with Crippen LogP contribution in [0.3, 0.4) is 0 Å². The molecule has 0 amide bonds. The molecular formula is C54H35N2OP. The molecule has 0 saturated carbocycles. The van der Waals surface area contributed by atoms with E-state index in [4.69, 9.17) is 9.97 Å². The maximum absolute atomic E-state index is 15.2. The average Bonchev–Trinajstić information content (AvgIpc) is 3.30. The van der Waals surface area contributed by atoms with E-state index < -0.39 is 7.14 Å². The van der Waals surface area contributed by atoms with Crippen LogP contribution in [-0.4, -0.2) is 9.97 Å². The summed E-state index contributed by atoms with van der Waals surface area (Å²) in [5, 5.41) is 10.2. The van der Waals surface area contributed by atoms with Gasteiger partial charge in [-0.15, -0.1) is 0 Å². The van der Waals surface area contributed by atoms with E-state index in [1.54, 1.807) is 0 Å². The third kappa shape index (κ3) is 5.39. The molecule has 0 spiro atoms. The smallest absolute Gasteiger partial charge is 0.171 e. The fourth-order valence-corrected chi connectivity index (χ4v) is 11.5. The molecule has 0 aliphatic heterocycles. The van der Waals surface area contributed by atoms with Gasteiger partial charge in [-0.2, -0.15) is 0 Å². The molecule has 0 unspecified atom stereocenters. The topological polar surface area (TPSA) is 42.9 Å². The van der Waals surface area contributed by atoms with Gasteiger partial charge in [0.25, 0.3) is 0 Å².